The first-order chi connectivity index (χ1) is 5.93. The van der Waals surface area contributed by atoms with Gasteiger partial charge in [0.1, 0.15) is 0 Å². The number of rotatable bonds is 6. The monoisotopic (exact) mass is 208 g/mol. The first kappa shape index (κ1) is 12.9. The molecule has 0 aromatic heterocycles. The zero-order valence-corrected chi connectivity index (χ0v) is 9.39. The van der Waals surface area contributed by atoms with Gasteiger partial charge in [0.25, 0.3) is 0 Å². The van der Waals surface area contributed by atoms with Crippen molar-refractivity contribution in [2.75, 3.05) is 12.3 Å². The fraction of sp³-hybridized carbons (Fsp3) is 1.00. The van der Waals surface area contributed by atoms with Crippen molar-refractivity contribution in [3.05, 3.63) is 0 Å². The Morgan fingerprint density at radius 1 is 1.38 bits per heavy atom. The summed E-state index contributed by atoms with van der Waals surface area (Å²) in [7, 11) is -3.09. The summed E-state index contributed by atoms with van der Waals surface area (Å²) in [6, 6.07) is -0.0819. The molecule has 80 valence electrons. The number of nitrogens with two attached hydrogens (primary N) is 1. The highest BCUT2D eigenvalue weighted by Crippen LogP contribution is 2.02. The van der Waals surface area contributed by atoms with Crippen LogP contribution in [0.3, 0.4) is 0 Å². The van der Waals surface area contributed by atoms with Gasteiger partial charge < -0.3 is 5.73 Å². The minimum Gasteiger partial charge on any atom is -0.330 e. The van der Waals surface area contributed by atoms with Crippen LogP contribution in [0.2, 0.25) is 0 Å². The van der Waals surface area contributed by atoms with E-state index in [0.29, 0.717) is 13.0 Å². The highest BCUT2D eigenvalue weighted by atomic mass is 32.2. The van der Waals surface area contributed by atoms with Crippen LogP contribution >= 0.6 is 0 Å². The van der Waals surface area contributed by atoms with Crippen molar-refractivity contribution in [2.24, 2.45) is 11.7 Å². The molecular formula is C8H20N2O2S. The molecule has 4 nitrogen and oxygen atoms in total. The van der Waals surface area contributed by atoms with Crippen LogP contribution in [0, 0.1) is 5.92 Å². The largest absolute Gasteiger partial charge is 0.330 e. The lowest BCUT2D eigenvalue weighted by Gasteiger charge is -2.19. The van der Waals surface area contributed by atoms with Gasteiger partial charge in [-0.05, 0) is 25.8 Å². The van der Waals surface area contributed by atoms with Crippen molar-refractivity contribution < 1.29 is 8.42 Å². The van der Waals surface area contributed by atoms with Crippen molar-refractivity contribution in [3.8, 4) is 0 Å². The van der Waals surface area contributed by atoms with Crippen LogP contribution in [0.5, 0.6) is 0 Å². The molecule has 0 bridgehead atoms. The summed E-state index contributed by atoms with van der Waals surface area (Å²) < 4.78 is 25.2. The average Bonchev–Trinajstić information content (AvgIpc) is 2.01. The quantitative estimate of drug-likeness (QED) is 0.659. The number of hydrogen-bond donors (Lipinski definition) is 2. The summed E-state index contributed by atoms with van der Waals surface area (Å²) in [4.78, 5) is 0. The summed E-state index contributed by atoms with van der Waals surface area (Å²) in [5.74, 6) is 0.362. The van der Waals surface area contributed by atoms with Crippen LogP contribution < -0.4 is 10.5 Å². The molecule has 0 spiro atoms. The minimum atomic E-state index is -3.09. The maximum Gasteiger partial charge on any atom is 0.211 e. The molecule has 0 heterocycles. The fourth-order valence-electron chi connectivity index (χ4n) is 0.931. The highest BCUT2D eigenvalue weighted by Gasteiger charge is 2.17. The Balaban J connectivity index is 4.11. The molecule has 5 heteroatoms. The van der Waals surface area contributed by atoms with E-state index >= 15 is 0 Å². The summed E-state index contributed by atoms with van der Waals surface area (Å²) in [6.07, 6.45) is 0.638. The Labute approximate surface area is 80.9 Å². The molecule has 13 heavy (non-hydrogen) atoms. The summed E-state index contributed by atoms with van der Waals surface area (Å²) in [5.41, 5.74) is 5.43. The standard InChI is InChI=1S/C8H20N2O2S/c1-4-5-13(11,12)10-8(3)7(2)6-9/h7-8,10H,4-6,9H2,1-3H3. The second-order valence-electron chi connectivity index (χ2n) is 3.44. The molecule has 2 atom stereocenters. The van der Waals surface area contributed by atoms with E-state index in [1.165, 1.54) is 0 Å². The topological polar surface area (TPSA) is 72.2 Å². The molecule has 0 aliphatic carbocycles. The predicted molar refractivity (Wildman–Crippen MR) is 54.9 cm³/mol. The van der Waals surface area contributed by atoms with Gasteiger partial charge in [-0.3, -0.25) is 0 Å². The summed E-state index contributed by atoms with van der Waals surface area (Å²) in [5, 5.41) is 0. The Bertz CT molecular complexity index is 226. The van der Waals surface area contributed by atoms with Gasteiger partial charge in [-0.2, -0.15) is 0 Å². The third-order valence-electron chi connectivity index (χ3n) is 2.06. The molecule has 0 radical (unpaired) electrons. The van der Waals surface area contributed by atoms with E-state index in [4.69, 9.17) is 5.73 Å². The van der Waals surface area contributed by atoms with Gasteiger partial charge in [-0.15, -0.1) is 0 Å². The normalized spacial score (nSPS) is 16.9. The van der Waals surface area contributed by atoms with E-state index < -0.39 is 10.0 Å². The van der Waals surface area contributed by atoms with Gasteiger partial charge in [0.15, 0.2) is 0 Å². The number of hydrogen-bond acceptors (Lipinski definition) is 3. The summed E-state index contributed by atoms with van der Waals surface area (Å²) >= 11 is 0. The molecule has 0 amide bonds. The molecule has 0 aliphatic rings. The minimum absolute atomic E-state index is 0.0819. The number of nitrogens with one attached hydrogen (secondary N) is 1. The Morgan fingerprint density at radius 3 is 2.31 bits per heavy atom. The van der Waals surface area contributed by atoms with Crippen LogP contribution in [-0.4, -0.2) is 26.8 Å². The first-order valence-electron chi connectivity index (χ1n) is 4.63. The van der Waals surface area contributed by atoms with Gasteiger partial charge in [0.2, 0.25) is 10.0 Å². The predicted octanol–water partition coefficient (Wildman–Crippen LogP) is 0.299. The molecule has 0 aromatic carbocycles. The van der Waals surface area contributed by atoms with Crippen molar-refractivity contribution in [1.29, 1.82) is 0 Å². The van der Waals surface area contributed by atoms with Crippen molar-refractivity contribution in [3.63, 3.8) is 0 Å². The average molecular weight is 208 g/mol. The molecule has 0 saturated heterocycles. The van der Waals surface area contributed by atoms with Gasteiger partial charge in [-0.25, -0.2) is 13.1 Å². The molecule has 0 rings (SSSR count). The highest BCUT2D eigenvalue weighted by molar-refractivity contribution is 7.89. The van der Waals surface area contributed by atoms with Crippen molar-refractivity contribution in [1.82, 2.24) is 4.72 Å². The van der Waals surface area contributed by atoms with Crippen molar-refractivity contribution in [2.45, 2.75) is 33.2 Å². The van der Waals surface area contributed by atoms with E-state index in [9.17, 15) is 8.42 Å². The van der Waals surface area contributed by atoms with Crippen LogP contribution in [0.15, 0.2) is 0 Å². The second kappa shape index (κ2) is 5.57. The lowest BCUT2D eigenvalue weighted by Crippen LogP contribution is -2.40. The lowest BCUT2D eigenvalue weighted by atomic mass is 10.1. The summed E-state index contributed by atoms with van der Waals surface area (Å²) in [6.45, 7) is 6.11. The van der Waals surface area contributed by atoms with E-state index in [2.05, 4.69) is 4.72 Å². The smallest absolute Gasteiger partial charge is 0.211 e. The zero-order valence-electron chi connectivity index (χ0n) is 8.58. The van der Waals surface area contributed by atoms with Gasteiger partial charge in [0, 0.05) is 6.04 Å². The van der Waals surface area contributed by atoms with Gasteiger partial charge in [-0.1, -0.05) is 13.8 Å². The van der Waals surface area contributed by atoms with Gasteiger partial charge in [0.05, 0.1) is 5.75 Å². The van der Waals surface area contributed by atoms with E-state index in [1.807, 2.05) is 20.8 Å². The first-order valence-corrected chi connectivity index (χ1v) is 6.28. The maximum absolute atomic E-state index is 11.3. The third-order valence-corrected chi connectivity index (χ3v) is 3.74. The molecule has 0 fully saturated rings. The molecule has 0 aromatic rings. The number of sulfonamides is 1. The van der Waals surface area contributed by atoms with E-state index in [-0.39, 0.29) is 17.7 Å². The second-order valence-corrected chi connectivity index (χ2v) is 5.31. The molecule has 3 N–H and O–H groups in total. The van der Waals surface area contributed by atoms with Crippen LogP contribution in [0.4, 0.5) is 0 Å². The third kappa shape index (κ3) is 5.23. The van der Waals surface area contributed by atoms with Crippen LogP contribution in [-0.2, 0) is 10.0 Å². The van der Waals surface area contributed by atoms with Crippen LogP contribution in [0.25, 0.3) is 0 Å². The molecule has 0 aliphatic heterocycles. The van der Waals surface area contributed by atoms with Crippen molar-refractivity contribution >= 4 is 10.0 Å². The lowest BCUT2D eigenvalue weighted by molar-refractivity contribution is 0.453. The Kier molecular flexibility index (Phi) is 5.51. The van der Waals surface area contributed by atoms with E-state index in [1.54, 1.807) is 0 Å². The van der Waals surface area contributed by atoms with E-state index in [0.717, 1.165) is 0 Å². The molecule has 2 unspecified atom stereocenters. The fourth-order valence-corrected chi connectivity index (χ4v) is 2.39. The maximum atomic E-state index is 11.3. The zero-order chi connectivity index (χ0) is 10.5. The Morgan fingerprint density at radius 2 is 1.92 bits per heavy atom. The van der Waals surface area contributed by atoms with Gasteiger partial charge >= 0.3 is 0 Å². The molecular weight excluding hydrogens is 188 g/mol. The van der Waals surface area contributed by atoms with Crippen LogP contribution in [0.1, 0.15) is 27.2 Å². The molecule has 0 saturated carbocycles. The Hall–Kier alpha value is -0.130. The SMILES string of the molecule is CCCS(=O)(=O)NC(C)C(C)CN.